The topological polar surface area (TPSA) is 67.8 Å². The molecule has 7 heteroatoms. The fourth-order valence-corrected chi connectivity index (χ4v) is 3.83. The number of thiazole rings is 1. The Balaban J connectivity index is 1.49. The molecule has 5 nitrogen and oxygen atoms in total. The van der Waals surface area contributed by atoms with Gasteiger partial charge in [0.15, 0.2) is 0 Å². The predicted molar refractivity (Wildman–Crippen MR) is 121 cm³/mol. The van der Waals surface area contributed by atoms with Gasteiger partial charge in [0.05, 0.1) is 23.8 Å². The second kappa shape index (κ2) is 9.40. The highest BCUT2D eigenvalue weighted by Gasteiger charge is 2.17. The number of carbonyl (C=O) groups excluding carboxylic acids is 1. The molecule has 2 aromatic carbocycles. The predicted octanol–water partition coefficient (Wildman–Crippen LogP) is 5.15. The first-order valence-electron chi connectivity index (χ1n) is 9.64. The van der Waals surface area contributed by atoms with E-state index in [2.05, 4.69) is 20.3 Å². The minimum absolute atomic E-state index is 0.162. The fourth-order valence-electron chi connectivity index (χ4n) is 2.90. The van der Waals surface area contributed by atoms with Crippen molar-refractivity contribution in [2.75, 3.05) is 0 Å². The Labute approximate surface area is 183 Å². The van der Waals surface area contributed by atoms with Crippen molar-refractivity contribution in [2.45, 2.75) is 13.5 Å². The Morgan fingerprint density at radius 3 is 2.58 bits per heavy atom. The number of hydrogen-bond acceptors (Lipinski definition) is 5. The van der Waals surface area contributed by atoms with Gasteiger partial charge in [-0.3, -0.25) is 9.78 Å². The Morgan fingerprint density at radius 2 is 1.81 bits per heavy atom. The average molecular weight is 431 g/mol. The largest absolute Gasteiger partial charge is 0.347 e. The molecular formula is C24H19FN4OS. The zero-order valence-electron chi connectivity index (χ0n) is 16.7. The Hall–Kier alpha value is -3.71. The molecular weight excluding hydrogens is 411 g/mol. The number of nitrogens with zero attached hydrogens (tertiary/aromatic N) is 3. The third-order valence-corrected chi connectivity index (χ3v) is 5.67. The van der Waals surface area contributed by atoms with E-state index in [4.69, 9.17) is 0 Å². The van der Waals surface area contributed by atoms with E-state index in [1.807, 2.05) is 43.3 Å². The summed E-state index contributed by atoms with van der Waals surface area (Å²) < 4.78 is 13.0. The van der Waals surface area contributed by atoms with E-state index in [0.717, 1.165) is 11.1 Å². The van der Waals surface area contributed by atoms with Gasteiger partial charge in [-0.2, -0.15) is 0 Å². The van der Waals surface area contributed by atoms with E-state index < -0.39 is 0 Å². The van der Waals surface area contributed by atoms with Crippen molar-refractivity contribution in [3.05, 3.63) is 100 Å². The van der Waals surface area contributed by atoms with Crippen LogP contribution in [-0.4, -0.2) is 20.9 Å². The van der Waals surface area contributed by atoms with Crippen molar-refractivity contribution in [1.82, 2.24) is 20.3 Å². The van der Waals surface area contributed by atoms with E-state index in [0.29, 0.717) is 33.5 Å². The quantitative estimate of drug-likeness (QED) is 0.459. The number of carbonyl (C=O) groups is 1. The van der Waals surface area contributed by atoms with Gasteiger partial charge in [0.2, 0.25) is 0 Å². The summed E-state index contributed by atoms with van der Waals surface area (Å²) in [6.45, 7) is 2.26. The molecule has 0 aliphatic carbocycles. The van der Waals surface area contributed by atoms with Gasteiger partial charge in [-0.05, 0) is 36.3 Å². The number of aromatic nitrogens is 3. The third kappa shape index (κ3) is 5.26. The zero-order valence-corrected chi connectivity index (χ0v) is 17.6. The highest BCUT2D eigenvalue weighted by Crippen LogP contribution is 2.26. The lowest BCUT2D eigenvalue weighted by Crippen LogP contribution is -2.22. The molecule has 2 heterocycles. The van der Waals surface area contributed by atoms with Crippen molar-refractivity contribution in [3.8, 4) is 10.7 Å². The van der Waals surface area contributed by atoms with Gasteiger partial charge in [0, 0.05) is 6.54 Å². The summed E-state index contributed by atoms with van der Waals surface area (Å²) in [6.07, 6.45) is 6.90. The van der Waals surface area contributed by atoms with Gasteiger partial charge in [-0.25, -0.2) is 14.4 Å². The molecule has 0 aliphatic rings. The summed E-state index contributed by atoms with van der Waals surface area (Å²) in [5.41, 5.74) is 3.78. The Morgan fingerprint density at radius 1 is 1.03 bits per heavy atom. The standard InChI is InChI=1S/C24H19FN4OS/c1-16-22(23(30)27-13-18-5-3-2-4-6-18)31-24(28-16)21-15-26-14-20(29-21)12-9-17-7-10-19(25)11-8-17/h2-12,14-15H,13H2,1H3,(H,27,30). The third-order valence-electron chi connectivity index (χ3n) is 4.49. The second-order valence-corrected chi connectivity index (χ2v) is 7.81. The van der Waals surface area contributed by atoms with Crippen LogP contribution in [0.4, 0.5) is 4.39 Å². The monoisotopic (exact) mass is 430 g/mol. The van der Waals surface area contributed by atoms with Crippen LogP contribution in [0.1, 0.15) is 32.2 Å². The number of amides is 1. The smallest absolute Gasteiger partial charge is 0.263 e. The van der Waals surface area contributed by atoms with Crippen LogP contribution in [0.3, 0.4) is 0 Å². The first kappa shape index (κ1) is 20.6. The van der Waals surface area contributed by atoms with Gasteiger partial charge in [-0.1, -0.05) is 48.5 Å². The van der Waals surface area contributed by atoms with Crippen molar-refractivity contribution in [2.24, 2.45) is 0 Å². The molecule has 0 bridgehead atoms. The summed E-state index contributed by atoms with van der Waals surface area (Å²) in [7, 11) is 0. The van der Waals surface area contributed by atoms with Crippen LogP contribution < -0.4 is 5.32 Å². The molecule has 1 amide bonds. The number of nitrogens with one attached hydrogen (secondary N) is 1. The lowest BCUT2D eigenvalue weighted by molar-refractivity contribution is 0.0954. The highest BCUT2D eigenvalue weighted by atomic mass is 32.1. The summed E-state index contributed by atoms with van der Waals surface area (Å²) in [5.74, 6) is -0.438. The van der Waals surface area contributed by atoms with E-state index in [-0.39, 0.29) is 11.7 Å². The summed E-state index contributed by atoms with van der Waals surface area (Å²) >= 11 is 1.29. The first-order chi connectivity index (χ1) is 15.1. The number of benzene rings is 2. The maximum Gasteiger partial charge on any atom is 0.263 e. The minimum atomic E-state index is -0.276. The summed E-state index contributed by atoms with van der Waals surface area (Å²) in [6, 6.07) is 15.9. The van der Waals surface area contributed by atoms with Crippen LogP contribution in [0, 0.1) is 12.7 Å². The molecule has 0 radical (unpaired) electrons. The molecule has 0 fully saturated rings. The molecule has 0 spiro atoms. The number of rotatable bonds is 6. The lowest BCUT2D eigenvalue weighted by atomic mass is 10.2. The van der Waals surface area contributed by atoms with E-state index in [9.17, 15) is 9.18 Å². The van der Waals surface area contributed by atoms with Gasteiger partial charge >= 0.3 is 0 Å². The summed E-state index contributed by atoms with van der Waals surface area (Å²) in [5, 5.41) is 3.56. The molecule has 154 valence electrons. The van der Waals surface area contributed by atoms with E-state index >= 15 is 0 Å². The second-order valence-electron chi connectivity index (χ2n) is 6.82. The molecule has 4 aromatic rings. The van der Waals surface area contributed by atoms with Crippen LogP contribution in [0.25, 0.3) is 22.9 Å². The number of halogens is 1. The molecule has 4 rings (SSSR count). The van der Waals surface area contributed by atoms with Crippen LogP contribution in [-0.2, 0) is 6.54 Å². The molecule has 0 atom stereocenters. The fraction of sp³-hybridized carbons (Fsp3) is 0.0833. The van der Waals surface area contributed by atoms with Gasteiger partial charge in [0.25, 0.3) is 5.91 Å². The molecule has 31 heavy (non-hydrogen) atoms. The lowest BCUT2D eigenvalue weighted by Gasteiger charge is -2.03. The van der Waals surface area contributed by atoms with E-state index in [1.165, 1.54) is 23.5 Å². The highest BCUT2D eigenvalue weighted by molar-refractivity contribution is 7.17. The van der Waals surface area contributed by atoms with Crippen molar-refractivity contribution in [3.63, 3.8) is 0 Å². The first-order valence-corrected chi connectivity index (χ1v) is 10.5. The average Bonchev–Trinajstić information content (AvgIpc) is 3.20. The minimum Gasteiger partial charge on any atom is -0.347 e. The van der Waals surface area contributed by atoms with Gasteiger partial charge in [-0.15, -0.1) is 11.3 Å². The molecule has 0 saturated heterocycles. The van der Waals surface area contributed by atoms with Crippen LogP contribution in [0.2, 0.25) is 0 Å². The molecule has 0 unspecified atom stereocenters. The molecule has 2 aromatic heterocycles. The van der Waals surface area contributed by atoms with Gasteiger partial charge in [0.1, 0.15) is 21.4 Å². The Kier molecular flexibility index (Phi) is 6.24. The summed E-state index contributed by atoms with van der Waals surface area (Å²) in [4.78, 5) is 26.5. The van der Waals surface area contributed by atoms with Crippen molar-refractivity contribution < 1.29 is 9.18 Å². The van der Waals surface area contributed by atoms with Crippen LogP contribution in [0.5, 0.6) is 0 Å². The molecule has 1 N–H and O–H groups in total. The zero-order chi connectivity index (χ0) is 21.6. The van der Waals surface area contributed by atoms with E-state index in [1.54, 1.807) is 30.6 Å². The maximum atomic E-state index is 13.0. The maximum absolute atomic E-state index is 13.0. The number of aryl methyl sites for hydroxylation is 1. The van der Waals surface area contributed by atoms with Gasteiger partial charge < -0.3 is 5.32 Å². The molecule has 0 saturated carbocycles. The van der Waals surface area contributed by atoms with Crippen LogP contribution >= 0.6 is 11.3 Å². The number of hydrogen-bond donors (Lipinski definition) is 1. The SMILES string of the molecule is Cc1nc(-c2cncc(C=Cc3ccc(F)cc3)n2)sc1C(=O)NCc1ccccc1. The van der Waals surface area contributed by atoms with Crippen LogP contribution in [0.15, 0.2) is 67.0 Å². The van der Waals surface area contributed by atoms with Crippen molar-refractivity contribution >= 4 is 29.4 Å². The normalized spacial score (nSPS) is 11.0. The Bertz CT molecular complexity index is 1220. The van der Waals surface area contributed by atoms with Crippen molar-refractivity contribution in [1.29, 1.82) is 0 Å². The molecule has 0 aliphatic heterocycles.